The summed E-state index contributed by atoms with van der Waals surface area (Å²) in [5, 5.41) is 15.2. The summed E-state index contributed by atoms with van der Waals surface area (Å²) in [6.07, 6.45) is 0.755. The van der Waals surface area contributed by atoms with Crippen molar-refractivity contribution in [2.75, 3.05) is 6.61 Å². The molecule has 0 bridgehead atoms. The number of nitrogens with two attached hydrogens (primary N) is 1. The summed E-state index contributed by atoms with van der Waals surface area (Å²) in [6.45, 7) is 0.0473. The van der Waals surface area contributed by atoms with E-state index in [0.29, 0.717) is 0 Å². The van der Waals surface area contributed by atoms with Gasteiger partial charge in [-0.3, -0.25) is 0 Å². The normalized spacial score (nSPS) is 12.1. The number of halogens is 1. The van der Waals surface area contributed by atoms with Gasteiger partial charge in [0.2, 0.25) is 0 Å². The highest BCUT2D eigenvalue weighted by atomic mass is 35.5. The molecule has 88 valence electrons. The molecule has 1 unspecified atom stereocenters. The largest absolute Gasteiger partial charge is 0.395 e. The first kappa shape index (κ1) is 13.7. The van der Waals surface area contributed by atoms with Crippen LogP contribution in [0.4, 0.5) is 0 Å². The van der Waals surface area contributed by atoms with E-state index >= 15 is 0 Å². The molecule has 0 spiro atoms. The molecule has 0 aromatic carbocycles. The van der Waals surface area contributed by atoms with Crippen LogP contribution >= 0.6 is 35.1 Å². The average Bonchev–Trinajstić information content (AvgIpc) is 2.85. The third-order valence-corrected chi connectivity index (χ3v) is 3.85. The van der Waals surface area contributed by atoms with Crippen molar-refractivity contribution in [3.63, 3.8) is 0 Å². The Morgan fingerprint density at radius 3 is 2.75 bits per heavy atom. The third-order valence-electron chi connectivity index (χ3n) is 2.21. The van der Waals surface area contributed by atoms with E-state index in [4.69, 9.17) is 10.8 Å². The molecule has 0 aliphatic carbocycles. The second-order valence-corrected chi connectivity index (χ2v) is 5.24. The van der Waals surface area contributed by atoms with Crippen LogP contribution in [0.2, 0.25) is 0 Å². The molecule has 5 heteroatoms. The molecular weight excluding hydrogens is 262 g/mol. The second-order valence-electron chi connectivity index (χ2n) is 3.46. The highest BCUT2D eigenvalue weighted by Crippen LogP contribution is 2.27. The summed E-state index contributed by atoms with van der Waals surface area (Å²) in [5.74, 6) is 0. The van der Waals surface area contributed by atoms with Crippen LogP contribution < -0.4 is 5.73 Å². The number of hydrogen-bond donors (Lipinski definition) is 2. The Kier molecular flexibility index (Phi) is 5.44. The van der Waals surface area contributed by atoms with Crippen LogP contribution in [0.3, 0.4) is 0 Å². The molecule has 2 heterocycles. The maximum atomic E-state index is 8.87. The van der Waals surface area contributed by atoms with Crippen molar-refractivity contribution < 1.29 is 5.11 Å². The Balaban J connectivity index is 0.00000128. The maximum absolute atomic E-state index is 8.87. The number of hydrogen-bond acceptors (Lipinski definition) is 4. The zero-order chi connectivity index (χ0) is 10.7. The lowest BCUT2D eigenvalue weighted by Gasteiger charge is -2.04. The van der Waals surface area contributed by atoms with Gasteiger partial charge < -0.3 is 10.8 Å². The lowest BCUT2D eigenvalue weighted by molar-refractivity contribution is 0.266. The molecule has 2 aromatic rings. The summed E-state index contributed by atoms with van der Waals surface area (Å²) in [4.78, 5) is 1.23. The van der Waals surface area contributed by atoms with Crippen LogP contribution in [-0.2, 0) is 6.42 Å². The van der Waals surface area contributed by atoms with E-state index < -0.39 is 0 Å². The van der Waals surface area contributed by atoms with E-state index in [2.05, 4.69) is 28.3 Å². The van der Waals surface area contributed by atoms with Crippen molar-refractivity contribution in [3.05, 3.63) is 33.2 Å². The lowest BCUT2D eigenvalue weighted by Crippen LogP contribution is -2.26. The predicted molar refractivity (Wildman–Crippen MR) is 73.6 cm³/mol. The maximum Gasteiger partial charge on any atom is 0.0586 e. The van der Waals surface area contributed by atoms with Crippen molar-refractivity contribution in [1.29, 1.82) is 0 Å². The van der Waals surface area contributed by atoms with Gasteiger partial charge in [0.1, 0.15) is 0 Å². The molecule has 0 aliphatic heterocycles. The molecule has 3 N–H and O–H groups in total. The molecule has 2 nitrogen and oxygen atoms in total. The van der Waals surface area contributed by atoms with Crippen molar-refractivity contribution in [1.82, 2.24) is 0 Å². The van der Waals surface area contributed by atoms with Crippen molar-refractivity contribution >= 4 is 35.1 Å². The van der Waals surface area contributed by atoms with E-state index in [1.165, 1.54) is 16.0 Å². The Morgan fingerprint density at radius 2 is 2.12 bits per heavy atom. The second kappa shape index (κ2) is 6.37. The summed E-state index contributed by atoms with van der Waals surface area (Å²) in [7, 11) is 0. The van der Waals surface area contributed by atoms with Crippen molar-refractivity contribution in [3.8, 4) is 11.1 Å². The topological polar surface area (TPSA) is 46.2 Å². The molecular formula is C11H14ClNOS2. The smallest absolute Gasteiger partial charge is 0.0586 e. The van der Waals surface area contributed by atoms with Gasteiger partial charge in [-0.1, -0.05) is 0 Å². The molecule has 0 amide bonds. The van der Waals surface area contributed by atoms with E-state index in [0.717, 1.165) is 6.42 Å². The Labute approximate surface area is 109 Å². The first-order valence-corrected chi connectivity index (χ1v) is 6.58. The monoisotopic (exact) mass is 275 g/mol. The van der Waals surface area contributed by atoms with Gasteiger partial charge >= 0.3 is 0 Å². The van der Waals surface area contributed by atoms with Crippen LogP contribution in [0.5, 0.6) is 0 Å². The molecule has 1 atom stereocenters. The van der Waals surface area contributed by atoms with Crippen molar-refractivity contribution in [2.24, 2.45) is 5.73 Å². The predicted octanol–water partition coefficient (Wildman–Crippen LogP) is 2.76. The van der Waals surface area contributed by atoms with Crippen LogP contribution in [0.25, 0.3) is 11.1 Å². The first-order chi connectivity index (χ1) is 7.29. The summed E-state index contributed by atoms with van der Waals surface area (Å²) >= 11 is 3.41. The SMILES string of the molecule is Cl.NC(CO)Cc1cc(-c2ccsc2)cs1. The minimum atomic E-state index is -0.140. The Hall–Kier alpha value is -0.390. The van der Waals surface area contributed by atoms with E-state index in [-0.39, 0.29) is 25.1 Å². The van der Waals surface area contributed by atoms with Gasteiger partial charge in [0.05, 0.1) is 6.61 Å². The quantitative estimate of drug-likeness (QED) is 0.901. The Bertz CT molecular complexity index is 413. The van der Waals surface area contributed by atoms with Crippen LogP contribution in [0.1, 0.15) is 4.88 Å². The highest BCUT2D eigenvalue weighted by molar-refractivity contribution is 7.10. The minimum absolute atomic E-state index is 0. The number of thiophene rings is 2. The highest BCUT2D eigenvalue weighted by Gasteiger charge is 2.06. The molecule has 2 rings (SSSR count). The average molecular weight is 276 g/mol. The molecule has 0 aliphatic rings. The fourth-order valence-electron chi connectivity index (χ4n) is 1.39. The Morgan fingerprint density at radius 1 is 1.31 bits per heavy atom. The van der Waals surface area contributed by atoms with Gasteiger partial charge in [0.25, 0.3) is 0 Å². The van der Waals surface area contributed by atoms with E-state index in [1.54, 1.807) is 22.7 Å². The fraction of sp³-hybridized carbons (Fsp3) is 0.273. The number of aliphatic hydroxyl groups excluding tert-OH is 1. The molecule has 0 fully saturated rings. The fourth-order valence-corrected chi connectivity index (χ4v) is 3.04. The van der Waals surface area contributed by atoms with E-state index in [9.17, 15) is 0 Å². The summed E-state index contributed by atoms with van der Waals surface area (Å²) in [5.41, 5.74) is 8.21. The minimum Gasteiger partial charge on any atom is -0.395 e. The third kappa shape index (κ3) is 3.30. The number of rotatable bonds is 4. The van der Waals surface area contributed by atoms with Gasteiger partial charge in [-0.25, -0.2) is 0 Å². The van der Waals surface area contributed by atoms with Gasteiger partial charge in [0.15, 0.2) is 0 Å². The molecule has 0 radical (unpaired) electrons. The van der Waals surface area contributed by atoms with Crippen molar-refractivity contribution in [2.45, 2.75) is 12.5 Å². The van der Waals surface area contributed by atoms with Gasteiger partial charge in [-0.15, -0.1) is 23.7 Å². The standard InChI is InChI=1S/C11H13NOS2.ClH/c12-10(5-13)4-11-3-9(7-15-11)8-1-2-14-6-8;/h1-3,6-7,10,13H,4-5,12H2;1H. The van der Waals surface area contributed by atoms with Gasteiger partial charge in [-0.05, 0) is 45.8 Å². The zero-order valence-corrected chi connectivity index (χ0v) is 11.1. The molecule has 2 aromatic heterocycles. The summed E-state index contributed by atoms with van der Waals surface area (Å²) in [6, 6.07) is 4.13. The van der Waals surface area contributed by atoms with Crippen LogP contribution in [0.15, 0.2) is 28.3 Å². The van der Waals surface area contributed by atoms with E-state index in [1.807, 2.05) is 0 Å². The lowest BCUT2D eigenvalue weighted by atomic mass is 10.1. The summed E-state index contributed by atoms with van der Waals surface area (Å²) < 4.78 is 0. The van der Waals surface area contributed by atoms with Crippen LogP contribution in [0, 0.1) is 0 Å². The van der Waals surface area contributed by atoms with Crippen LogP contribution in [-0.4, -0.2) is 17.8 Å². The molecule has 0 saturated heterocycles. The van der Waals surface area contributed by atoms with Gasteiger partial charge in [0, 0.05) is 10.9 Å². The first-order valence-electron chi connectivity index (χ1n) is 4.76. The molecule has 16 heavy (non-hydrogen) atoms. The van der Waals surface area contributed by atoms with Gasteiger partial charge in [-0.2, -0.15) is 11.3 Å². The zero-order valence-electron chi connectivity index (χ0n) is 8.63. The number of aliphatic hydroxyl groups is 1. The molecule has 0 saturated carbocycles.